The highest BCUT2D eigenvalue weighted by molar-refractivity contribution is 8.03. The highest BCUT2D eigenvalue weighted by Gasteiger charge is 2.43. The molecule has 0 spiro atoms. The summed E-state index contributed by atoms with van der Waals surface area (Å²) < 4.78 is 31.7. The van der Waals surface area contributed by atoms with E-state index in [2.05, 4.69) is 4.74 Å². The van der Waals surface area contributed by atoms with Crippen molar-refractivity contribution in [2.24, 2.45) is 0 Å². The predicted octanol–water partition coefficient (Wildman–Crippen LogP) is 3.53. The fraction of sp³-hybridized carbons (Fsp3) is 0.385. The molecule has 1 atom stereocenters. The molecule has 0 saturated carbocycles. The van der Waals surface area contributed by atoms with Gasteiger partial charge in [-0.15, -0.1) is 0 Å². The quantitative estimate of drug-likeness (QED) is 0.592. The Balaban J connectivity index is 2.85. The second-order valence-corrected chi connectivity index (χ2v) is 4.72. The maximum atomic E-state index is 13.7. The molecule has 0 aromatic heterocycles. The number of nitrogens with zero attached hydrogens (tertiary/aromatic N) is 1. The van der Waals surface area contributed by atoms with Gasteiger partial charge in [0.05, 0.1) is 11.9 Å². The summed E-state index contributed by atoms with van der Waals surface area (Å²) >= 11 is 0.710. The van der Waals surface area contributed by atoms with E-state index in [0.717, 1.165) is 0 Å². The van der Waals surface area contributed by atoms with Crippen molar-refractivity contribution in [2.75, 3.05) is 6.61 Å². The van der Waals surface area contributed by atoms with Crippen LogP contribution < -0.4 is 0 Å². The Kier molecular flexibility index (Phi) is 5.77. The Bertz CT molecular complexity index is 459. The molecule has 1 unspecified atom stereocenters. The van der Waals surface area contributed by atoms with Crippen LogP contribution in [0.15, 0.2) is 30.3 Å². The van der Waals surface area contributed by atoms with Crippen LogP contribution in [-0.2, 0) is 9.53 Å². The average molecular weight is 285 g/mol. The molecule has 1 rings (SSSR count). The van der Waals surface area contributed by atoms with E-state index in [1.165, 1.54) is 6.92 Å². The van der Waals surface area contributed by atoms with E-state index >= 15 is 0 Å². The van der Waals surface area contributed by atoms with Crippen molar-refractivity contribution in [2.45, 2.75) is 24.5 Å². The summed E-state index contributed by atoms with van der Waals surface area (Å²) in [6.07, 6.45) is -0.756. The predicted molar refractivity (Wildman–Crippen MR) is 68.6 cm³/mol. The Morgan fingerprint density at radius 1 is 1.47 bits per heavy atom. The van der Waals surface area contributed by atoms with Gasteiger partial charge in [0.1, 0.15) is 5.40 Å². The summed E-state index contributed by atoms with van der Waals surface area (Å²) in [6.45, 7) is 1.36. The van der Waals surface area contributed by atoms with Crippen molar-refractivity contribution in [1.82, 2.24) is 0 Å². The molecule has 102 valence electrons. The minimum atomic E-state index is -3.60. The van der Waals surface area contributed by atoms with Crippen LogP contribution in [0.3, 0.4) is 0 Å². The molecule has 3 nitrogen and oxygen atoms in total. The standard InChI is InChI=1S/C13H13F2NO2S/c1-2-18-12(17)13(14,15)8-11(19-9-16)10-6-4-3-5-7-10/h3-7,11H,2,8H2,1H3. The number of ether oxygens (including phenoxy) is 1. The van der Waals surface area contributed by atoms with Gasteiger partial charge in [0.15, 0.2) is 0 Å². The Labute approximate surface area is 114 Å². The SMILES string of the molecule is CCOC(=O)C(F)(F)CC(SC#N)c1ccccc1. The molecule has 0 fully saturated rings. The normalized spacial score (nSPS) is 12.5. The molecule has 0 heterocycles. The lowest BCUT2D eigenvalue weighted by atomic mass is 10.1. The molecule has 0 aliphatic rings. The summed E-state index contributed by atoms with van der Waals surface area (Å²) in [4.78, 5) is 11.2. The van der Waals surface area contributed by atoms with Gasteiger partial charge in [-0.1, -0.05) is 30.3 Å². The number of thiocyanates is 1. The van der Waals surface area contributed by atoms with Gasteiger partial charge in [0.2, 0.25) is 0 Å². The van der Waals surface area contributed by atoms with Gasteiger partial charge in [-0.2, -0.15) is 14.0 Å². The van der Waals surface area contributed by atoms with Crippen molar-refractivity contribution in [3.63, 3.8) is 0 Å². The topological polar surface area (TPSA) is 50.1 Å². The summed E-state index contributed by atoms with van der Waals surface area (Å²) in [7, 11) is 0. The van der Waals surface area contributed by atoms with E-state index in [0.29, 0.717) is 17.3 Å². The van der Waals surface area contributed by atoms with E-state index in [-0.39, 0.29) is 6.61 Å². The number of carbonyl (C=O) groups excluding carboxylic acids is 1. The third kappa shape index (κ3) is 4.52. The molecule has 0 radical (unpaired) electrons. The second kappa shape index (κ2) is 7.10. The molecule has 1 aromatic carbocycles. The van der Waals surface area contributed by atoms with E-state index in [1.54, 1.807) is 35.7 Å². The molecular formula is C13H13F2NO2S. The number of alkyl halides is 2. The third-order valence-electron chi connectivity index (χ3n) is 2.38. The number of hydrogen-bond donors (Lipinski definition) is 0. The number of thioether (sulfide) groups is 1. The first kappa shape index (κ1) is 15.4. The van der Waals surface area contributed by atoms with E-state index in [1.807, 2.05) is 0 Å². The first-order valence-corrected chi connectivity index (χ1v) is 6.54. The van der Waals surface area contributed by atoms with Gasteiger partial charge in [0.25, 0.3) is 0 Å². The summed E-state index contributed by atoms with van der Waals surface area (Å²) in [5, 5.41) is 9.71. The molecule has 0 saturated heterocycles. The van der Waals surface area contributed by atoms with Crippen molar-refractivity contribution in [1.29, 1.82) is 5.26 Å². The molecule has 6 heteroatoms. The zero-order chi connectivity index (χ0) is 14.3. The van der Waals surface area contributed by atoms with Crippen LogP contribution in [0.1, 0.15) is 24.2 Å². The molecule has 0 N–H and O–H groups in total. The number of esters is 1. The minimum Gasteiger partial charge on any atom is -0.462 e. The number of benzene rings is 1. The molecule has 19 heavy (non-hydrogen) atoms. The maximum Gasteiger partial charge on any atom is 0.377 e. The lowest BCUT2D eigenvalue weighted by Gasteiger charge is -2.19. The molecule has 0 aliphatic carbocycles. The largest absolute Gasteiger partial charge is 0.462 e. The van der Waals surface area contributed by atoms with Crippen LogP contribution >= 0.6 is 11.8 Å². The van der Waals surface area contributed by atoms with Crippen LogP contribution in [0.4, 0.5) is 8.78 Å². The van der Waals surface area contributed by atoms with Crippen LogP contribution in [0.5, 0.6) is 0 Å². The van der Waals surface area contributed by atoms with Crippen LogP contribution in [0.2, 0.25) is 0 Å². The Morgan fingerprint density at radius 2 is 2.11 bits per heavy atom. The summed E-state index contributed by atoms with van der Waals surface area (Å²) in [6, 6.07) is 8.44. The zero-order valence-electron chi connectivity index (χ0n) is 10.3. The first-order valence-electron chi connectivity index (χ1n) is 5.66. The number of halogens is 2. The molecule has 0 amide bonds. The van der Waals surface area contributed by atoms with E-state index in [4.69, 9.17) is 5.26 Å². The van der Waals surface area contributed by atoms with Crippen molar-refractivity contribution in [3.8, 4) is 5.40 Å². The average Bonchev–Trinajstić information content (AvgIpc) is 2.39. The van der Waals surface area contributed by atoms with Gasteiger partial charge < -0.3 is 4.74 Å². The van der Waals surface area contributed by atoms with Crippen molar-refractivity contribution in [3.05, 3.63) is 35.9 Å². The van der Waals surface area contributed by atoms with Crippen LogP contribution in [0.25, 0.3) is 0 Å². The Morgan fingerprint density at radius 3 is 2.63 bits per heavy atom. The maximum absolute atomic E-state index is 13.7. The van der Waals surface area contributed by atoms with E-state index < -0.39 is 23.6 Å². The number of hydrogen-bond acceptors (Lipinski definition) is 4. The van der Waals surface area contributed by atoms with Crippen molar-refractivity contribution >= 4 is 17.7 Å². The highest BCUT2D eigenvalue weighted by Crippen LogP contribution is 2.38. The second-order valence-electron chi connectivity index (χ2n) is 3.74. The minimum absolute atomic E-state index is 0.101. The molecule has 0 aliphatic heterocycles. The number of carbonyl (C=O) groups is 1. The smallest absolute Gasteiger partial charge is 0.377 e. The first-order chi connectivity index (χ1) is 9.01. The fourth-order valence-corrected chi connectivity index (χ4v) is 2.22. The third-order valence-corrected chi connectivity index (χ3v) is 3.21. The van der Waals surface area contributed by atoms with Gasteiger partial charge in [0, 0.05) is 6.42 Å². The number of rotatable bonds is 6. The van der Waals surface area contributed by atoms with E-state index in [9.17, 15) is 13.6 Å². The van der Waals surface area contributed by atoms with Crippen molar-refractivity contribution < 1.29 is 18.3 Å². The van der Waals surface area contributed by atoms with Crippen LogP contribution in [-0.4, -0.2) is 18.5 Å². The highest BCUT2D eigenvalue weighted by atomic mass is 32.2. The molecule has 1 aromatic rings. The van der Waals surface area contributed by atoms with Gasteiger partial charge in [-0.25, -0.2) is 4.79 Å². The monoisotopic (exact) mass is 285 g/mol. The lowest BCUT2D eigenvalue weighted by molar-refractivity contribution is -0.172. The fourth-order valence-electron chi connectivity index (χ4n) is 1.51. The van der Waals surface area contributed by atoms with Gasteiger partial charge in [-0.3, -0.25) is 0 Å². The van der Waals surface area contributed by atoms with Gasteiger partial charge >= 0.3 is 11.9 Å². The zero-order valence-corrected chi connectivity index (χ0v) is 11.1. The number of nitriles is 1. The summed E-state index contributed by atoms with van der Waals surface area (Å²) in [5.41, 5.74) is 0.582. The summed E-state index contributed by atoms with van der Waals surface area (Å²) in [5.74, 6) is -5.14. The molecule has 0 bridgehead atoms. The van der Waals surface area contributed by atoms with Gasteiger partial charge in [-0.05, 0) is 24.2 Å². The Hall–Kier alpha value is -1.61. The van der Waals surface area contributed by atoms with Crippen LogP contribution in [0, 0.1) is 10.7 Å². The molecular weight excluding hydrogens is 272 g/mol. The lowest BCUT2D eigenvalue weighted by Crippen LogP contribution is -2.32.